The van der Waals surface area contributed by atoms with Gasteiger partial charge in [-0.2, -0.15) is 0 Å². The van der Waals surface area contributed by atoms with Crippen molar-refractivity contribution in [3.8, 4) is 11.5 Å². The molecule has 0 heterocycles. The predicted molar refractivity (Wildman–Crippen MR) is 67.0 cm³/mol. The molecule has 0 aliphatic rings. The van der Waals surface area contributed by atoms with E-state index in [4.69, 9.17) is 15.2 Å². The second-order valence-corrected chi connectivity index (χ2v) is 4.25. The highest BCUT2D eigenvalue weighted by Crippen LogP contribution is 2.27. The normalized spacial score (nSPS) is 10.5. The van der Waals surface area contributed by atoms with Gasteiger partial charge in [0.15, 0.2) is 0 Å². The third kappa shape index (κ3) is 4.01. The zero-order valence-electron chi connectivity index (χ0n) is 10.3. The van der Waals surface area contributed by atoms with E-state index in [1.54, 1.807) is 0 Å². The first kappa shape index (κ1) is 12.7. The second-order valence-electron chi connectivity index (χ2n) is 4.25. The molecule has 0 unspecified atom stereocenters. The molecular formula is C13H21NO2. The molecule has 2 N–H and O–H groups in total. The summed E-state index contributed by atoms with van der Waals surface area (Å²) < 4.78 is 11.1. The average Bonchev–Trinajstić information content (AvgIpc) is 2.26. The van der Waals surface area contributed by atoms with Crippen LogP contribution in [0.5, 0.6) is 11.5 Å². The summed E-state index contributed by atoms with van der Waals surface area (Å²) in [6.07, 6.45) is 0.969. The molecule has 0 aliphatic heterocycles. The van der Waals surface area contributed by atoms with Crippen molar-refractivity contribution in [2.45, 2.75) is 27.2 Å². The van der Waals surface area contributed by atoms with Gasteiger partial charge in [-0.25, -0.2) is 0 Å². The maximum Gasteiger partial charge on any atom is 0.145 e. The molecular weight excluding hydrogens is 202 g/mol. The van der Waals surface area contributed by atoms with Crippen LogP contribution in [0.3, 0.4) is 0 Å². The second kappa shape index (κ2) is 6.26. The molecule has 1 rings (SSSR count). The molecule has 0 radical (unpaired) electrons. The van der Waals surface area contributed by atoms with E-state index < -0.39 is 0 Å². The van der Waals surface area contributed by atoms with E-state index in [9.17, 15) is 0 Å². The van der Waals surface area contributed by atoms with Crippen molar-refractivity contribution in [1.82, 2.24) is 0 Å². The SMILES string of the molecule is CCCOc1cc(OCC(C)C)ccc1N. The Labute approximate surface area is 97.6 Å². The molecule has 0 aromatic heterocycles. The molecule has 0 atom stereocenters. The molecule has 16 heavy (non-hydrogen) atoms. The molecule has 0 spiro atoms. The van der Waals surface area contributed by atoms with Gasteiger partial charge in [-0.3, -0.25) is 0 Å². The molecule has 3 nitrogen and oxygen atoms in total. The number of rotatable bonds is 6. The number of anilines is 1. The van der Waals surface area contributed by atoms with Crippen LogP contribution in [0.4, 0.5) is 5.69 Å². The molecule has 0 fully saturated rings. The van der Waals surface area contributed by atoms with E-state index in [0.717, 1.165) is 12.2 Å². The van der Waals surface area contributed by atoms with Crippen LogP contribution in [0.25, 0.3) is 0 Å². The largest absolute Gasteiger partial charge is 0.493 e. The first-order valence-corrected chi connectivity index (χ1v) is 5.78. The zero-order chi connectivity index (χ0) is 12.0. The molecule has 0 aliphatic carbocycles. The minimum absolute atomic E-state index is 0.512. The van der Waals surface area contributed by atoms with Crippen LogP contribution in [0.2, 0.25) is 0 Å². The van der Waals surface area contributed by atoms with Crippen molar-refractivity contribution >= 4 is 5.69 Å². The van der Waals surface area contributed by atoms with Gasteiger partial charge in [-0.05, 0) is 24.5 Å². The number of benzene rings is 1. The quantitative estimate of drug-likeness (QED) is 0.754. The van der Waals surface area contributed by atoms with Crippen molar-refractivity contribution in [2.24, 2.45) is 5.92 Å². The first-order chi connectivity index (χ1) is 7.63. The van der Waals surface area contributed by atoms with E-state index in [1.165, 1.54) is 0 Å². The maximum absolute atomic E-state index is 5.81. The number of hydrogen-bond acceptors (Lipinski definition) is 3. The average molecular weight is 223 g/mol. The van der Waals surface area contributed by atoms with Crippen LogP contribution in [0.15, 0.2) is 18.2 Å². The summed E-state index contributed by atoms with van der Waals surface area (Å²) in [6.45, 7) is 7.68. The van der Waals surface area contributed by atoms with E-state index in [1.807, 2.05) is 18.2 Å². The fourth-order valence-corrected chi connectivity index (χ4v) is 1.20. The lowest BCUT2D eigenvalue weighted by Crippen LogP contribution is -2.05. The summed E-state index contributed by atoms with van der Waals surface area (Å²) in [5, 5.41) is 0. The van der Waals surface area contributed by atoms with Gasteiger partial charge < -0.3 is 15.2 Å². The molecule has 0 bridgehead atoms. The van der Waals surface area contributed by atoms with Gasteiger partial charge in [0.05, 0.1) is 18.9 Å². The topological polar surface area (TPSA) is 44.5 Å². The van der Waals surface area contributed by atoms with Crippen LogP contribution in [0, 0.1) is 5.92 Å². The number of ether oxygens (including phenoxy) is 2. The maximum atomic E-state index is 5.81. The Balaban J connectivity index is 2.65. The van der Waals surface area contributed by atoms with Gasteiger partial charge in [-0.15, -0.1) is 0 Å². The van der Waals surface area contributed by atoms with Gasteiger partial charge in [0.2, 0.25) is 0 Å². The molecule has 90 valence electrons. The third-order valence-electron chi connectivity index (χ3n) is 2.03. The summed E-state index contributed by atoms with van der Waals surface area (Å²) in [6, 6.07) is 5.55. The summed E-state index contributed by atoms with van der Waals surface area (Å²) in [5.41, 5.74) is 6.46. The highest BCUT2D eigenvalue weighted by atomic mass is 16.5. The van der Waals surface area contributed by atoms with Crippen LogP contribution in [0.1, 0.15) is 27.2 Å². The lowest BCUT2D eigenvalue weighted by molar-refractivity contribution is 0.267. The third-order valence-corrected chi connectivity index (χ3v) is 2.03. The molecule has 3 heteroatoms. The Morgan fingerprint density at radius 3 is 2.62 bits per heavy atom. The fourth-order valence-electron chi connectivity index (χ4n) is 1.20. The monoisotopic (exact) mass is 223 g/mol. The van der Waals surface area contributed by atoms with Crippen molar-refractivity contribution in [2.75, 3.05) is 18.9 Å². The van der Waals surface area contributed by atoms with Gasteiger partial charge in [0.1, 0.15) is 11.5 Å². The van der Waals surface area contributed by atoms with Crippen molar-refractivity contribution in [3.63, 3.8) is 0 Å². The Morgan fingerprint density at radius 1 is 1.25 bits per heavy atom. The van der Waals surface area contributed by atoms with E-state index in [2.05, 4.69) is 20.8 Å². The summed E-state index contributed by atoms with van der Waals surface area (Å²) in [7, 11) is 0. The van der Waals surface area contributed by atoms with E-state index in [-0.39, 0.29) is 0 Å². The van der Waals surface area contributed by atoms with Crippen molar-refractivity contribution in [3.05, 3.63) is 18.2 Å². The molecule has 1 aromatic rings. The van der Waals surface area contributed by atoms with E-state index in [0.29, 0.717) is 30.6 Å². The standard InChI is InChI=1S/C13H21NO2/c1-4-7-15-13-8-11(5-6-12(13)14)16-9-10(2)3/h5-6,8,10H,4,7,9,14H2,1-3H3. The lowest BCUT2D eigenvalue weighted by Gasteiger charge is -2.12. The number of nitrogen functional groups attached to an aromatic ring is 1. The first-order valence-electron chi connectivity index (χ1n) is 5.78. The smallest absolute Gasteiger partial charge is 0.145 e. The molecule has 0 saturated carbocycles. The predicted octanol–water partition coefficient (Wildman–Crippen LogP) is 3.09. The molecule has 0 amide bonds. The van der Waals surface area contributed by atoms with Gasteiger partial charge in [0, 0.05) is 6.07 Å². The van der Waals surface area contributed by atoms with Gasteiger partial charge in [0.25, 0.3) is 0 Å². The van der Waals surface area contributed by atoms with Crippen LogP contribution < -0.4 is 15.2 Å². The minimum atomic E-state index is 0.512. The summed E-state index contributed by atoms with van der Waals surface area (Å²) in [5.74, 6) is 2.04. The van der Waals surface area contributed by atoms with Crippen LogP contribution in [-0.4, -0.2) is 13.2 Å². The Kier molecular flexibility index (Phi) is 4.96. The Morgan fingerprint density at radius 2 is 2.00 bits per heavy atom. The van der Waals surface area contributed by atoms with Crippen molar-refractivity contribution < 1.29 is 9.47 Å². The molecule has 1 aromatic carbocycles. The van der Waals surface area contributed by atoms with Crippen molar-refractivity contribution in [1.29, 1.82) is 0 Å². The van der Waals surface area contributed by atoms with Crippen LogP contribution >= 0.6 is 0 Å². The highest BCUT2D eigenvalue weighted by molar-refractivity contribution is 5.55. The number of nitrogens with two attached hydrogens (primary N) is 1. The Hall–Kier alpha value is -1.38. The van der Waals surface area contributed by atoms with Gasteiger partial charge in [-0.1, -0.05) is 20.8 Å². The summed E-state index contributed by atoms with van der Waals surface area (Å²) in [4.78, 5) is 0. The highest BCUT2D eigenvalue weighted by Gasteiger charge is 2.03. The summed E-state index contributed by atoms with van der Waals surface area (Å²) >= 11 is 0. The zero-order valence-corrected chi connectivity index (χ0v) is 10.3. The van der Waals surface area contributed by atoms with Crippen LogP contribution in [-0.2, 0) is 0 Å². The minimum Gasteiger partial charge on any atom is -0.493 e. The Bertz CT molecular complexity index is 324. The fraction of sp³-hybridized carbons (Fsp3) is 0.538. The number of hydrogen-bond donors (Lipinski definition) is 1. The lowest BCUT2D eigenvalue weighted by atomic mass is 10.2. The van der Waals surface area contributed by atoms with Gasteiger partial charge >= 0.3 is 0 Å². The molecule has 0 saturated heterocycles. The van der Waals surface area contributed by atoms with E-state index >= 15 is 0 Å².